The summed E-state index contributed by atoms with van der Waals surface area (Å²) in [5.41, 5.74) is 1.36. The first kappa shape index (κ1) is 21.8. The van der Waals surface area contributed by atoms with Crippen molar-refractivity contribution in [2.75, 3.05) is 20.8 Å². The van der Waals surface area contributed by atoms with E-state index in [9.17, 15) is 14.0 Å². The van der Waals surface area contributed by atoms with Crippen molar-refractivity contribution in [2.24, 2.45) is 0 Å². The van der Waals surface area contributed by atoms with Crippen molar-refractivity contribution in [1.82, 2.24) is 9.88 Å². The van der Waals surface area contributed by atoms with Gasteiger partial charge in [0.15, 0.2) is 11.5 Å². The number of amides is 1. The zero-order chi connectivity index (χ0) is 22.2. The minimum atomic E-state index is -0.418. The fraction of sp³-hybridized carbons (Fsp3) is 0.167. The summed E-state index contributed by atoms with van der Waals surface area (Å²) in [5.74, 6) is 0.440. The molecule has 1 heterocycles. The number of methoxy groups -OCH3 is 2. The molecule has 0 saturated heterocycles. The Morgan fingerprint density at radius 3 is 2.45 bits per heavy atom. The van der Waals surface area contributed by atoms with Gasteiger partial charge in [-0.2, -0.15) is 0 Å². The highest BCUT2D eigenvalue weighted by Gasteiger charge is 2.13. The van der Waals surface area contributed by atoms with Crippen molar-refractivity contribution in [1.29, 1.82) is 0 Å². The van der Waals surface area contributed by atoms with E-state index in [-0.39, 0.29) is 17.1 Å². The van der Waals surface area contributed by atoms with Crippen LogP contribution in [0.4, 0.5) is 4.39 Å². The van der Waals surface area contributed by atoms with Gasteiger partial charge >= 0.3 is 0 Å². The minimum Gasteiger partial charge on any atom is -0.493 e. The Labute approximate surface area is 179 Å². The molecular weight excluding hydrogens is 399 g/mol. The molecule has 1 aromatic heterocycles. The first-order valence-corrected chi connectivity index (χ1v) is 9.66. The zero-order valence-corrected chi connectivity index (χ0v) is 17.3. The molecule has 31 heavy (non-hydrogen) atoms. The van der Waals surface area contributed by atoms with Gasteiger partial charge in [-0.15, -0.1) is 0 Å². The number of carbonyl (C=O) groups is 1. The summed E-state index contributed by atoms with van der Waals surface area (Å²) in [5, 5.41) is 2.84. The van der Waals surface area contributed by atoms with Gasteiger partial charge in [-0.3, -0.25) is 14.2 Å². The molecule has 0 fully saturated rings. The van der Waals surface area contributed by atoms with Crippen LogP contribution in [0.25, 0.3) is 11.8 Å². The molecule has 2 aromatic carbocycles. The maximum absolute atomic E-state index is 13.2. The molecule has 1 N–H and O–H groups in total. The smallest absolute Gasteiger partial charge is 0.268 e. The van der Waals surface area contributed by atoms with E-state index in [2.05, 4.69) is 5.32 Å². The third kappa shape index (κ3) is 5.60. The lowest BCUT2D eigenvalue weighted by molar-refractivity contribution is -0.115. The van der Waals surface area contributed by atoms with Crippen molar-refractivity contribution in [3.8, 4) is 11.5 Å². The number of nitrogens with zero attached hydrogens (tertiary/aromatic N) is 1. The fourth-order valence-electron chi connectivity index (χ4n) is 3.03. The molecule has 3 aromatic rings. The van der Waals surface area contributed by atoms with Crippen molar-refractivity contribution < 1.29 is 18.7 Å². The number of rotatable bonds is 8. The second-order valence-electron chi connectivity index (χ2n) is 6.69. The molecule has 0 saturated carbocycles. The molecule has 1 amide bonds. The van der Waals surface area contributed by atoms with E-state index in [0.29, 0.717) is 30.0 Å². The number of carbonyl (C=O) groups excluding carboxylic acids is 1. The van der Waals surface area contributed by atoms with Gasteiger partial charge in [0.2, 0.25) is 0 Å². The Kier molecular flexibility index (Phi) is 7.22. The zero-order valence-electron chi connectivity index (χ0n) is 17.3. The molecule has 0 aliphatic rings. The monoisotopic (exact) mass is 422 g/mol. The summed E-state index contributed by atoms with van der Waals surface area (Å²) in [6, 6.07) is 15.9. The standard InChI is InChI=1S/C24H23FN2O4/c1-30-21-11-8-18(16-22(21)31-2)12-13-26-24(29)20(27-14-4-3-5-23(27)28)15-17-6-9-19(25)10-7-17/h3-11,14-16H,12-13H2,1-2H3,(H,26,29). The lowest BCUT2D eigenvalue weighted by atomic mass is 10.1. The van der Waals surface area contributed by atoms with Gasteiger partial charge in [-0.1, -0.05) is 24.3 Å². The molecule has 0 aliphatic heterocycles. The topological polar surface area (TPSA) is 69.6 Å². The Bertz CT molecular complexity index is 1140. The van der Waals surface area contributed by atoms with Gasteiger partial charge in [0.25, 0.3) is 11.5 Å². The number of ether oxygens (including phenoxy) is 2. The second kappa shape index (κ2) is 10.2. The van der Waals surface area contributed by atoms with E-state index < -0.39 is 5.91 Å². The quantitative estimate of drug-likeness (QED) is 0.565. The average Bonchev–Trinajstić information content (AvgIpc) is 2.79. The first-order valence-electron chi connectivity index (χ1n) is 9.66. The summed E-state index contributed by atoms with van der Waals surface area (Å²) in [4.78, 5) is 25.2. The van der Waals surface area contributed by atoms with Crippen LogP contribution < -0.4 is 20.3 Å². The van der Waals surface area contributed by atoms with Gasteiger partial charge in [0, 0.05) is 18.8 Å². The molecule has 3 rings (SSSR count). The third-order valence-electron chi connectivity index (χ3n) is 4.64. The molecule has 0 atom stereocenters. The molecular formula is C24H23FN2O4. The van der Waals surface area contributed by atoms with E-state index in [1.807, 2.05) is 12.1 Å². The average molecular weight is 422 g/mol. The predicted octanol–water partition coefficient (Wildman–Crippen LogP) is 3.36. The SMILES string of the molecule is COc1ccc(CCNC(=O)C(=Cc2ccc(F)cc2)n2ccccc2=O)cc1OC. The number of nitrogens with one attached hydrogen (secondary N) is 1. The molecule has 0 aliphatic carbocycles. The number of aromatic nitrogens is 1. The van der Waals surface area contributed by atoms with Crippen molar-refractivity contribution in [3.63, 3.8) is 0 Å². The number of hydrogen-bond acceptors (Lipinski definition) is 4. The predicted molar refractivity (Wildman–Crippen MR) is 118 cm³/mol. The maximum Gasteiger partial charge on any atom is 0.268 e. The van der Waals surface area contributed by atoms with Crippen LogP contribution in [0.2, 0.25) is 0 Å². The highest BCUT2D eigenvalue weighted by atomic mass is 19.1. The van der Waals surface area contributed by atoms with Crippen LogP contribution in [-0.2, 0) is 11.2 Å². The minimum absolute atomic E-state index is 0.143. The number of hydrogen-bond donors (Lipinski definition) is 1. The van der Waals surface area contributed by atoms with Crippen molar-refractivity contribution in [2.45, 2.75) is 6.42 Å². The first-order chi connectivity index (χ1) is 15.0. The van der Waals surface area contributed by atoms with E-state index in [4.69, 9.17) is 9.47 Å². The van der Waals surface area contributed by atoms with Crippen LogP contribution in [0.3, 0.4) is 0 Å². The second-order valence-corrected chi connectivity index (χ2v) is 6.69. The Balaban J connectivity index is 1.78. The normalized spacial score (nSPS) is 11.1. The summed E-state index contributed by atoms with van der Waals surface area (Å²) in [6.45, 7) is 0.344. The Morgan fingerprint density at radius 2 is 1.77 bits per heavy atom. The van der Waals surface area contributed by atoms with Crippen LogP contribution in [0.15, 0.2) is 71.7 Å². The molecule has 7 heteroatoms. The third-order valence-corrected chi connectivity index (χ3v) is 4.64. The van der Waals surface area contributed by atoms with E-state index in [1.54, 1.807) is 50.6 Å². The lowest BCUT2D eigenvalue weighted by Crippen LogP contribution is -2.32. The summed E-state index contributed by atoms with van der Waals surface area (Å²) < 4.78 is 25.0. The molecule has 0 spiro atoms. The summed E-state index contributed by atoms with van der Waals surface area (Å²) in [7, 11) is 3.13. The summed E-state index contributed by atoms with van der Waals surface area (Å²) in [6.07, 6.45) is 3.62. The number of benzene rings is 2. The van der Waals surface area contributed by atoms with E-state index >= 15 is 0 Å². The van der Waals surface area contributed by atoms with Crippen LogP contribution in [-0.4, -0.2) is 31.2 Å². The van der Waals surface area contributed by atoms with Gasteiger partial charge in [-0.05, 0) is 54.0 Å². The van der Waals surface area contributed by atoms with Crippen LogP contribution >= 0.6 is 0 Å². The number of halogens is 1. The summed E-state index contributed by atoms with van der Waals surface area (Å²) >= 11 is 0. The van der Waals surface area contributed by atoms with E-state index in [0.717, 1.165) is 5.56 Å². The van der Waals surface area contributed by atoms with Crippen LogP contribution in [0.1, 0.15) is 11.1 Å². The van der Waals surface area contributed by atoms with Gasteiger partial charge in [0.1, 0.15) is 11.5 Å². The Hall–Kier alpha value is -3.87. The van der Waals surface area contributed by atoms with Gasteiger partial charge in [0.05, 0.1) is 14.2 Å². The molecule has 160 valence electrons. The molecule has 0 unspecified atom stereocenters. The number of pyridine rings is 1. The Morgan fingerprint density at radius 1 is 1.03 bits per heavy atom. The lowest BCUT2D eigenvalue weighted by Gasteiger charge is -2.13. The van der Waals surface area contributed by atoms with Crippen molar-refractivity contribution >= 4 is 17.7 Å². The van der Waals surface area contributed by atoms with Gasteiger partial charge in [-0.25, -0.2) is 4.39 Å². The van der Waals surface area contributed by atoms with Crippen LogP contribution in [0.5, 0.6) is 11.5 Å². The highest BCUT2D eigenvalue weighted by molar-refractivity contribution is 6.18. The van der Waals surface area contributed by atoms with Crippen molar-refractivity contribution in [3.05, 3.63) is 94.2 Å². The maximum atomic E-state index is 13.2. The molecule has 6 nitrogen and oxygen atoms in total. The van der Waals surface area contributed by atoms with Gasteiger partial charge < -0.3 is 14.8 Å². The molecule has 0 bridgehead atoms. The fourth-order valence-corrected chi connectivity index (χ4v) is 3.03. The molecule has 0 radical (unpaired) electrons. The highest BCUT2D eigenvalue weighted by Crippen LogP contribution is 2.27. The van der Waals surface area contributed by atoms with E-state index in [1.165, 1.54) is 29.0 Å². The largest absolute Gasteiger partial charge is 0.493 e. The van der Waals surface area contributed by atoms with Crippen LogP contribution in [0, 0.1) is 5.82 Å².